The van der Waals surface area contributed by atoms with Crippen LogP contribution in [0.5, 0.6) is 0 Å². The van der Waals surface area contributed by atoms with Gasteiger partial charge in [-0.25, -0.2) is 4.98 Å². The number of benzene rings is 1. The molecule has 0 aliphatic carbocycles. The van der Waals surface area contributed by atoms with Crippen molar-refractivity contribution in [3.8, 4) is 0 Å². The summed E-state index contributed by atoms with van der Waals surface area (Å²) >= 11 is 0. The third-order valence-corrected chi connectivity index (χ3v) is 3.67. The van der Waals surface area contributed by atoms with E-state index in [2.05, 4.69) is 65.2 Å². The average Bonchev–Trinajstić information content (AvgIpc) is 2.88. The van der Waals surface area contributed by atoms with Crippen molar-refractivity contribution in [3.05, 3.63) is 48.0 Å². The largest absolute Gasteiger partial charge is 0.372 e. The molecule has 0 atom stereocenters. The van der Waals surface area contributed by atoms with E-state index in [-0.39, 0.29) is 0 Å². The highest BCUT2D eigenvalue weighted by molar-refractivity contribution is 5.44. The lowest BCUT2D eigenvalue weighted by molar-refractivity contribution is 0.586. The van der Waals surface area contributed by atoms with Gasteiger partial charge in [0.15, 0.2) is 0 Å². The highest BCUT2D eigenvalue weighted by Crippen LogP contribution is 2.16. The molecule has 0 aliphatic rings. The van der Waals surface area contributed by atoms with Gasteiger partial charge in [-0.3, -0.25) is 0 Å². The first-order valence-corrected chi connectivity index (χ1v) is 7.68. The van der Waals surface area contributed by atoms with Crippen molar-refractivity contribution in [2.45, 2.75) is 39.7 Å². The molecule has 21 heavy (non-hydrogen) atoms. The normalized spacial score (nSPS) is 11.0. The van der Waals surface area contributed by atoms with E-state index in [9.17, 15) is 0 Å². The lowest BCUT2D eigenvalue weighted by Gasteiger charge is -2.10. The molecule has 0 aliphatic heterocycles. The smallest absolute Gasteiger partial charge is 0.0948 e. The quantitative estimate of drug-likeness (QED) is 0.577. The van der Waals surface area contributed by atoms with Crippen LogP contribution in [0, 0.1) is 6.92 Å². The number of imidazole rings is 1. The van der Waals surface area contributed by atoms with Crippen LogP contribution < -0.4 is 10.6 Å². The Hall–Kier alpha value is -1.81. The van der Waals surface area contributed by atoms with Crippen molar-refractivity contribution < 1.29 is 0 Å². The second kappa shape index (κ2) is 7.84. The number of aromatic nitrogens is 2. The number of hydrogen-bond acceptors (Lipinski definition) is 3. The van der Waals surface area contributed by atoms with Crippen molar-refractivity contribution in [1.82, 2.24) is 14.9 Å². The van der Waals surface area contributed by atoms with Crippen LogP contribution in [0.3, 0.4) is 0 Å². The third-order valence-electron chi connectivity index (χ3n) is 3.67. The fourth-order valence-corrected chi connectivity index (χ4v) is 2.23. The molecule has 0 bridgehead atoms. The maximum Gasteiger partial charge on any atom is 0.0948 e. The van der Waals surface area contributed by atoms with E-state index in [0.29, 0.717) is 5.92 Å². The highest BCUT2D eigenvalue weighted by Gasteiger charge is 1.98. The summed E-state index contributed by atoms with van der Waals surface area (Å²) in [6.45, 7) is 9.32. The predicted molar refractivity (Wildman–Crippen MR) is 88.6 cm³/mol. The number of aryl methyl sites for hydroxylation is 2. The maximum absolute atomic E-state index is 4.13. The molecule has 0 amide bonds. The van der Waals surface area contributed by atoms with Crippen LogP contribution in [0.25, 0.3) is 0 Å². The van der Waals surface area contributed by atoms with Crippen LogP contribution in [-0.2, 0) is 6.54 Å². The molecule has 114 valence electrons. The second-order valence-electron chi connectivity index (χ2n) is 5.71. The van der Waals surface area contributed by atoms with E-state index < -0.39 is 0 Å². The lowest BCUT2D eigenvalue weighted by Crippen LogP contribution is -2.23. The minimum absolute atomic E-state index is 0.587. The first-order valence-electron chi connectivity index (χ1n) is 7.68. The summed E-state index contributed by atoms with van der Waals surface area (Å²) in [7, 11) is 0. The van der Waals surface area contributed by atoms with E-state index in [0.717, 1.165) is 31.9 Å². The first kappa shape index (κ1) is 15.6. The molecule has 2 aromatic rings. The van der Waals surface area contributed by atoms with Crippen molar-refractivity contribution in [2.24, 2.45) is 0 Å². The Labute approximate surface area is 127 Å². The van der Waals surface area contributed by atoms with Gasteiger partial charge in [0.25, 0.3) is 0 Å². The molecule has 4 nitrogen and oxygen atoms in total. The van der Waals surface area contributed by atoms with Gasteiger partial charge in [-0.1, -0.05) is 26.0 Å². The van der Waals surface area contributed by atoms with Gasteiger partial charge in [0, 0.05) is 24.1 Å². The number of hydrogen-bond donors (Lipinski definition) is 2. The van der Waals surface area contributed by atoms with E-state index in [1.54, 1.807) is 0 Å². The minimum atomic E-state index is 0.587. The Morgan fingerprint density at radius 2 is 1.95 bits per heavy atom. The fraction of sp³-hybridized carbons (Fsp3) is 0.471. The summed E-state index contributed by atoms with van der Waals surface area (Å²) < 4.78 is 2.18. The van der Waals surface area contributed by atoms with Gasteiger partial charge in [0.2, 0.25) is 0 Å². The zero-order valence-electron chi connectivity index (χ0n) is 13.3. The van der Waals surface area contributed by atoms with Crippen molar-refractivity contribution >= 4 is 5.69 Å². The molecule has 1 aromatic heterocycles. The molecule has 2 rings (SSSR count). The van der Waals surface area contributed by atoms with Gasteiger partial charge in [0.05, 0.1) is 13.0 Å². The Bertz CT molecular complexity index is 528. The SMILES string of the molecule is Cc1cncn1CCCNCNc1ccc(C(C)C)cc1. The van der Waals surface area contributed by atoms with Crippen LogP contribution in [0.15, 0.2) is 36.8 Å². The van der Waals surface area contributed by atoms with Gasteiger partial charge >= 0.3 is 0 Å². The molecule has 0 unspecified atom stereocenters. The Morgan fingerprint density at radius 1 is 1.19 bits per heavy atom. The molecule has 0 radical (unpaired) electrons. The minimum Gasteiger partial charge on any atom is -0.372 e. The summed E-state index contributed by atoms with van der Waals surface area (Å²) in [6, 6.07) is 8.67. The molecule has 0 saturated heterocycles. The molecule has 1 heterocycles. The van der Waals surface area contributed by atoms with E-state index >= 15 is 0 Å². The molecular formula is C17H26N4. The molecule has 2 N–H and O–H groups in total. The third kappa shape index (κ3) is 4.90. The number of rotatable bonds is 8. The van der Waals surface area contributed by atoms with Gasteiger partial charge < -0.3 is 15.2 Å². The Balaban J connectivity index is 1.60. The van der Waals surface area contributed by atoms with E-state index in [4.69, 9.17) is 0 Å². The summed E-state index contributed by atoms with van der Waals surface area (Å²) in [6.07, 6.45) is 4.89. The van der Waals surface area contributed by atoms with Crippen molar-refractivity contribution in [1.29, 1.82) is 0 Å². The van der Waals surface area contributed by atoms with Crippen LogP contribution in [0.4, 0.5) is 5.69 Å². The molecule has 0 spiro atoms. The van der Waals surface area contributed by atoms with Crippen LogP contribution in [-0.4, -0.2) is 22.8 Å². The van der Waals surface area contributed by atoms with Crippen LogP contribution >= 0.6 is 0 Å². The second-order valence-corrected chi connectivity index (χ2v) is 5.71. The summed E-state index contributed by atoms with van der Waals surface area (Å²) in [4.78, 5) is 4.13. The standard InChI is InChI=1S/C17H26N4/c1-14(2)16-5-7-17(8-6-16)20-12-18-9-4-10-21-13-19-11-15(21)3/h5-8,11,13-14,18,20H,4,9-10,12H2,1-3H3. The summed E-state index contributed by atoms with van der Waals surface area (Å²) in [5.41, 5.74) is 3.76. The highest BCUT2D eigenvalue weighted by atomic mass is 15.1. The molecular weight excluding hydrogens is 260 g/mol. The zero-order valence-corrected chi connectivity index (χ0v) is 13.3. The van der Waals surface area contributed by atoms with Crippen molar-refractivity contribution in [3.63, 3.8) is 0 Å². The van der Waals surface area contributed by atoms with E-state index in [1.807, 2.05) is 12.5 Å². The number of nitrogens with one attached hydrogen (secondary N) is 2. The van der Waals surface area contributed by atoms with Gasteiger partial charge in [-0.2, -0.15) is 0 Å². The molecule has 0 fully saturated rings. The van der Waals surface area contributed by atoms with Crippen LogP contribution in [0.2, 0.25) is 0 Å². The topological polar surface area (TPSA) is 41.9 Å². The van der Waals surface area contributed by atoms with Gasteiger partial charge in [0.1, 0.15) is 0 Å². The zero-order chi connectivity index (χ0) is 15.1. The van der Waals surface area contributed by atoms with Gasteiger partial charge in [-0.15, -0.1) is 0 Å². The summed E-state index contributed by atoms with van der Waals surface area (Å²) in [5.74, 6) is 0.587. The van der Waals surface area contributed by atoms with E-state index in [1.165, 1.54) is 11.3 Å². The summed E-state index contributed by atoms with van der Waals surface area (Å²) in [5, 5.41) is 6.79. The number of nitrogens with zero attached hydrogens (tertiary/aromatic N) is 2. The van der Waals surface area contributed by atoms with Gasteiger partial charge in [-0.05, 0) is 43.5 Å². The molecule has 0 saturated carbocycles. The maximum atomic E-state index is 4.13. The molecule has 4 heteroatoms. The fourth-order valence-electron chi connectivity index (χ4n) is 2.23. The monoisotopic (exact) mass is 286 g/mol. The average molecular weight is 286 g/mol. The Morgan fingerprint density at radius 3 is 2.57 bits per heavy atom. The number of anilines is 1. The Kier molecular flexibility index (Phi) is 5.81. The van der Waals surface area contributed by atoms with Crippen LogP contribution in [0.1, 0.15) is 37.4 Å². The first-order chi connectivity index (χ1) is 10.2. The lowest BCUT2D eigenvalue weighted by atomic mass is 10.0. The predicted octanol–water partition coefficient (Wildman–Crippen LogP) is 3.36. The molecule has 1 aromatic carbocycles. The van der Waals surface area contributed by atoms with Crippen molar-refractivity contribution in [2.75, 3.05) is 18.5 Å².